The molecule has 7 heteroatoms. The number of hydrogen-bond acceptors (Lipinski definition) is 3. The van der Waals surface area contributed by atoms with Gasteiger partial charge in [0, 0.05) is 50.5 Å². The zero-order valence-electron chi connectivity index (χ0n) is 18.5. The molecule has 0 fully saturated rings. The Kier molecular flexibility index (Phi) is 6.16. The summed E-state index contributed by atoms with van der Waals surface area (Å²) in [5.41, 5.74) is 3.84. The molecule has 0 spiro atoms. The number of rotatable bonds is 6. The number of aromatic nitrogens is 1. The Morgan fingerprint density at radius 3 is 2.20 bits per heavy atom. The van der Waals surface area contributed by atoms with Gasteiger partial charge in [-0.3, -0.25) is 19.8 Å². The highest BCUT2D eigenvalue weighted by Crippen LogP contribution is 2.38. The molecule has 0 saturated heterocycles. The first-order chi connectivity index (χ1) is 17.0. The van der Waals surface area contributed by atoms with Crippen molar-refractivity contribution in [3.8, 4) is 0 Å². The number of carbonyl (C=O) groups is 1. The van der Waals surface area contributed by atoms with Crippen molar-refractivity contribution in [2.45, 2.75) is 6.04 Å². The molecule has 1 amide bonds. The van der Waals surface area contributed by atoms with E-state index in [1.807, 2.05) is 72.9 Å². The second-order valence-electron chi connectivity index (χ2n) is 8.06. The number of nitro groups is 1. The van der Waals surface area contributed by atoms with Crippen LogP contribution >= 0.6 is 15.9 Å². The number of benzene rings is 4. The van der Waals surface area contributed by atoms with E-state index in [-0.39, 0.29) is 11.6 Å². The summed E-state index contributed by atoms with van der Waals surface area (Å²) in [5, 5.41) is 12.3. The van der Waals surface area contributed by atoms with Crippen LogP contribution in [0.3, 0.4) is 0 Å². The van der Waals surface area contributed by atoms with Gasteiger partial charge in [0.25, 0.3) is 11.6 Å². The Morgan fingerprint density at radius 2 is 1.51 bits per heavy atom. The first-order valence-electron chi connectivity index (χ1n) is 11.0. The highest BCUT2D eigenvalue weighted by molar-refractivity contribution is 9.10. The quantitative estimate of drug-likeness (QED) is 0.187. The number of aromatic amines is 1. The Morgan fingerprint density at radius 1 is 0.857 bits per heavy atom. The summed E-state index contributed by atoms with van der Waals surface area (Å²) in [4.78, 5) is 29.9. The van der Waals surface area contributed by atoms with Crippen molar-refractivity contribution in [2.75, 3.05) is 4.90 Å². The minimum atomic E-state index is -0.482. The van der Waals surface area contributed by atoms with Gasteiger partial charge < -0.3 is 4.98 Å². The van der Waals surface area contributed by atoms with Gasteiger partial charge in [0.15, 0.2) is 0 Å². The Hall–Kier alpha value is -4.23. The lowest BCUT2D eigenvalue weighted by molar-refractivity contribution is -0.384. The number of fused-ring (bicyclic) bond motifs is 1. The predicted octanol–water partition coefficient (Wildman–Crippen LogP) is 7.28. The second kappa shape index (κ2) is 9.56. The summed E-state index contributed by atoms with van der Waals surface area (Å²) in [5.74, 6) is -0.217. The van der Waals surface area contributed by atoms with E-state index in [2.05, 4.69) is 20.9 Å². The monoisotopic (exact) mass is 525 g/mol. The van der Waals surface area contributed by atoms with Crippen molar-refractivity contribution in [1.29, 1.82) is 0 Å². The fourth-order valence-electron chi connectivity index (χ4n) is 4.27. The van der Waals surface area contributed by atoms with Gasteiger partial charge in [-0.05, 0) is 48.0 Å². The van der Waals surface area contributed by atoms with Crippen LogP contribution in [0.25, 0.3) is 10.9 Å². The van der Waals surface area contributed by atoms with Crippen molar-refractivity contribution in [1.82, 2.24) is 4.98 Å². The van der Waals surface area contributed by atoms with Gasteiger partial charge in [-0.1, -0.05) is 64.5 Å². The normalized spacial score (nSPS) is 11.8. The van der Waals surface area contributed by atoms with Gasteiger partial charge in [0.2, 0.25) is 0 Å². The molecule has 1 atom stereocenters. The van der Waals surface area contributed by atoms with E-state index >= 15 is 0 Å². The fraction of sp³-hybridized carbons (Fsp3) is 0.0357. The molecule has 0 saturated carbocycles. The van der Waals surface area contributed by atoms with Crippen LogP contribution in [-0.4, -0.2) is 15.8 Å². The maximum Gasteiger partial charge on any atom is 0.269 e. The SMILES string of the molecule is O=C(c1ccc(Br)cc1)N(c1ccc([N+](=O)[O-])cc1)C(c1ccccc1)c1c[nH]c2ccccc12. The summed E-state index contributed by atoms with van der Waals surface area (Å²) < 4.78 is 0.868. The molecule has 1 aromatic heterocycles. The second-order valence-corrected chi connectivity index (χ2v) is 8.97. The number of nitro benzene ring substituents is 1. The molecule has 0 aliphatic heterocycles. The van der Waals surface area contributed by atoms with Crippen LogP contribution in [0.15, 0.2) is 114 Å². The zero-order chi connectivity index (χ0) is 24.4. The third-order valence-electron chi connectivity index (χ3n) is 5.94. The van der Waals surface area contributed by atoms with E-state index < -0.39 is 11.0 Å². The van der Waals surface area contributed by atoms with E-state index in [1.165, 1.54) is 12.1 Å². The van der Waals surface area contributed by atoms with Crippen LogP contribution in [0.1, 0.15) is 27.5 Å². The maximum absolute atomic E-state index is 14.1. The molecule has 4 aromatic carbocycles. The topological polar surface area (TPSA) is 79.2 Å². The fourth-order valence-corrected chi connectivity index (χ4v) is 4.54. The van der Waals surface area contributed by atoms with Gasteiger partial charge in [0.1, 0.15) is 0 Å². The molecule has 0 aliphatic rings. The molecular weight excluding hydrogens is 506 g/mol. The van der Waals surface area contributed by atoms with E-state index in [9.17, 15) is 14.9 Å². The first-order valence-corrected chi connectivity index (χ1v) is 11.8. The molecule has 1 N–H and O–H groups in total. The molecule has 35 heavy (non-hydrogen) atoms. The van der Waals surface area contributed by atoms with Crippen LogP contribution in [0.5, 0.6) is 0 Å². The lowest BCUT2D eigenvalue weighted by Crippen LogP contribution is -2.35. The molecule has 5 rings (SSSR count). The van der Waals surface area contributed by atoms with Crippen molar-refractivity contribution >= 4 is 44.1 Å². The number of halogens is 1. The number of H-pyrrole nitrogens is 1. The van der Waals surface area contributed by atoms with Crippen LogP contribution < -0.4 is 4.90 Å². The minimum absolute atomic E-state index is 0.0341. The van der Waals surface area contributed by atoms with E-state index in [0.717, 1.165) is 26.5 Å². The molecule has 1 unspecified atom stereocenters. The van der Waals surface area contributed by atoms with Gasteiger partial charge in [-0.15, -0.1) is 0 Å². The summed E-state index contributed by atoms with van der Waals surface area (Å²) in [6.45, 7) is 0. The Balaban J connectivity index is 1.74. The number of carbonyl (C=O) groups excluding carboxylic acids is 1. The summed E-state index contributed by atoms with van der Waals surface area (Å²) in [6.07, 6.45) is 1.93. The summed E-state index contributed by atoms with van der Waals surface area (Å²) in [6, 6.07) is 30.5. The standard InChI is InChI=1S/C28H20BrN3O3/c29-21-12-10-20(11-13-21)28(33)31(22-14-16-23(17-15-22)32(34)35)27(19-6-2-1-3-7-19)25-18-30-26-9-5-4-8-24(25)26/h1-18,27,30H. The van der Waals surface area contributed by atoms with Crippen molar-refractivity contribution in [3.63, 3.8) is 0 Å². The van der Waals surface area contributed by atoms with E-state index in [1.54, 1.807) is 29.2 Å². The molecule has 0 radical (unpaired) electrons. The number of anilines is 1. The number of nitrogens with one attached hydrogen (secondary N) is 1. The van der Waals surface area contributed by atoms with Gasteiger partial charge in [-0.2, -0.15) is 0 Å². The van der Waals surface area contributed by atoms with Crippen LogP contribution in [0.4, 0.5) is 11.4 Å². The number of hydrogen-bond donors (Lipinski definition) is 1. The van der Waals surface area contributed by atoms with Crippen molar-refractivity contribution in [3.05, 3.63) is 141 Å². The summed E-state index contributed by atoms with van der Waals surface area (Å²) in [7, 11) is 0. The molecule has 0 bridgehead atoms. The Labute approximate surface area is 210 Å². The third-order valence-corrected chi connectivity index (χ3v) is 6.47. The van der Waals surface area contributed by atoms with E-state index in [0.29, 0.717) is 11.3 Å². The molecule has 1 heterocycles. The molecule has 6 nitrogen and oxygen atoms in total. The highest BCUT2D eigenvalue weighted by atomic mass is 79.9. The van der Waals surface area contributed by atoms with Crippen LogP contribution in [-0.2, 0) is 0 Å². The third kappa shape index (κ3) is 4.46. The zero-order valence-corrected chi connectivity index (χ0v) is 20.1. The van der Waals surface area contributed by atoms with E-state index in [4.69, 9.17) is 0 Å². The average molecular weight is 526 g/mol. The number of amides is 1. The number of non-ortho nitro benzene ring substituents is 1. The average Bonchev–Trinajstić information content (AvgIpc) is 3.31. The minimum Gasteiger partial charge on any atom is -0.361 e. The number of para-hydroxylation sites is 1. The van der Waals surface area contributed by atoms with Crippen molar-refractivity contribution in [2.24, 2.45) is 0 Å². The smallest absolute Gasteiger partial charge is 0.269 e. The molecule has 172 valence electrons. The summed E-state index contributed by atoms with van der Waals surface area (Å²) >= 11 is 3.43. The largest absolute Gasteiger partial charge is 0.361 e. The Bertz CT molecular complexity index is 1500. The van der Waals surface area contributed by atoms with Crippen LogP contribution in [0, 0.1) is 10.1 Å². The lowest BCUT2D eigenvalue weighted by Gasteiger charge is -2.32. The molecule has 5 aromatic rings. The van der Waals surface area contributed by atoms with Gasteiger partial charge in [0.05, 0.1) is 11.0 Å². The van der Waals surface area contributed by atoms with Crippen molar-refractivity contribution < 1.29 is 9.72 Å². The lowest BCUT2D eigenvalue weighted by atomic mass is 9.95. The van der Waals surface area contributed by atoms with Crippen LogP contribution in [0.2, 0.25) is 0 Å². The van der Waals surface area contributed by atoms with Gasteiger partial charge in [-0.25, -0.2) is 0 Å². The first kappa shape index (κ1) is 22.6. The van der Waals surface area contributed by atoms with Gasteiger partial charge >= 0.3 is 0 Å². The molecular formula is C28H20BrN3O3. The number of nitrogens with zero attached hydrogens (tertiary/aromatic N) is 2. The maximum atomic E-state index is 14.1. The highest BCUT2D eigenvalue weighted by Gasteiger charge is 2.31. The molecule has 0 aliphatic carbocycles. The predicted molar refractivity (Wildman–Crippen MR) is 141 cm³/mol.